The number of aryl methyl sites for hydroxylation is 4. The summed E-state index contributed by atoms with van der Waals surface area (Å²) in [5, 5.41) is 2.95. The number of amides is 1. The molecule has 0 heterocycles. The Balaban J connectivity index is 1.75. The fourth-order valence-corrected chi connectivity index (χ4v) is 2.69. The second-order valence-electron chi connectivity index (χ2n) is 6.41. The smallest absolute Gasteiger partial charge is 0.260 e. The summed E-state index contributed by atoms with van der Waals surface area (Å²) in [5.41, 5.74) is 4.82. The molecule has 24 heavy (non-hydrogen) atoms. The second-order valence-corrected chi connectivity index (χ2v) is 6.41. The molecule has 0 unspecified atom stereocenters. The van der Waals surface area contributed by atoms with Crippen molar-refractivity contribution in [3.63, 3.8) is 0 Å². The molecule has 0 fully saturated rings. The lowest BCUT2D eigenvalue weighted by atomic mass is 10.1. The van der Waals surface area contributed by atoms with E-state index in [0.717, 1.165) is 24.2 Å². The number of nitrogens with one attached hydrogen (secondary N) is 1. The van der Waals surface area contributed by atoms with Crippen molar-refractivity contribution < 1.29 is 9.53 Å². The first-order chi connectivity index (χ1) is 11.5. The summed E-state index contributed by atoms with van der Waals surface area (Å²) in [7, 11) is 0. The van der Waals surface area contributed by atoms with Gasteiger partial charge in [0, 0.05) is 6.54 Å². The zero-order chi connectivity index (χ0) is 17.5. The molecule has 3 heteroatoms. The van der Waals surface area contributed by atoms with Crippen LogP contribution < -0.4 is 10.1 Å². The van der Waals surface area contributed by atoms with Gasteiger partial charge in [-0.2, -0.15) is 0 Å². The number of carbonyl (C=O) groups is 1. The number of rotatable bonds is 7. The van der Waals surface area contributed by atoms with E-state index in [4.69, 9.17) is 4.74 Å². The van der Waals surface area contributed by atoms with Gasteiger partial charge in [0.05, 0.1) is 0 Å². The lowest BCUT2D eigenvalue weighted by Gasteiger charge is -2.16. The molecule has 0 spiro atoms. The Morgan fingerprint density at radius 2 is 1.83 bits per heavy atom. The van der Waals surface area contributed by atoms with Crippen molar-refractivity contribution in [1.82, 2.24) is 5.32 Å². The summed E-state index contributed by atoms with van der Waals surface area (Å²) < 4.78 is 5.78. The summed E-state index contributed by atoms with van der Waals surface area (Å²) in [4.78, 5) is 12.2. The largest absolute Gasteiger partial charge is 0.481 e. The second kappa shape index (κ2) is 8.53. The molecule has 0 bridgehead atoms. The monoisotopic (exact) mass is 325 g/mol. The topological polar surface area (TPSA) is 38.3 Å². The van der Waals surface area contributed by atoms with Crippen LogP contribution in [0.4, 0.5) is 0 Å². The van der Waals surface area contributed by atoms with Crippen LogP contribution in [-0.4, -0.2) is 18.6 Å². The van der Waals surface area contributed by atoms with Gasteiger partial charge in [0.15, 0.2) is 6.10 Å². The molecule has 1 N–H and O–H groups in total. The molecule has 1 amide bonds. The van der Waals surface area contributed by atoms with Crippen LogP contribution in [0.25, 0.3) is 0 Å². The van der Waals surface area contributed by atoms with Gasteiger partial charge in [-0.25, -0.2) is 0 Å². The maximum atomic E-state index is 12.2. The van der Waals surface area contributed by atoms with Crippen molar-refractivity contribution in [2.45, 2.75) is 46.6 Å². The van der Waals surface area contributed by atoms with Crippen molar-refractivity contribution in [3.8, 4) is 5.75 Å². The molecule has 1 atom stereocenters. The van der Waals surface area contributed by atoms with Gasteiger partial charge < -0.3 is 10.1 Å². The average molecular weight is 325 g/mol. The van der Waals surface area contributed by atoms with Crippen molar-refractivity contribution >= 4 is 5.91 Å². The van der Waals surface area contributed by atoms with E-state index >= 15 is 0 Å². The van der Waals surface area contributed by atoms with E-state index in [9.17, 15) is 4.79 Å². The molecule has 0 radical (unpaired) electrons. The molecule has 3 nitrogen and oxygen atoms in total. The minimum Gasteiger partial charge on any atom is -0.481 e. The van der Waals surface area contributed by atoms with Gasteiger partial charge in [-0.15, -0.1) is 0 Å². The molecule has 128 valence electrons. The molecule has 0 aliphatic heterocycles. The first kappa shape index (κ1) is 18.1. The normalized spacial score (nSPS) is 11.8. The highest BCUT2D eigenvalue weighted by Gasteiger charge is 2.15. The molecule has 0 aliphatic carbocycles. The van der Waals surface area contributed by atoms with Crippen LogP contribution in [0.15, 0.2) is 42.5 Å². The fourth-order valence-electron chi connectivity index (χ4n) is 2.69. The molecule has 2 aromatic carbocycles. The molecule has 0 aromatic heterocycles. The van der Waals surface area contributed by atoms with Crippen molar-refractivity contribution in [2.75, 3.05) is 6.54 Å². The van der Waals surface area contributed by atoms with E-state index in [1.807, 2.05) is 26.0 Å². The van der Waals surface area contributed by atoms with Crippen molar-refractivity contribution in [3.05, 3.63) is 64.7 Å². The molecule has 0 saturated carbocycles. The number of benzene rings is 2. The van der Waals surface area contributed by atoms with Crippen LogP contribution >= 0.6 is 0 Å². The van der Waals surface area contributed by atoms with Crippen LogP contribution in [0.2, 0.25) is 0 Å². The highest BCUT2D eigenvalue weighted by Crippen LogP contribution is 2.20. The van der Waals surface area contributed by atoms with E-state index < -0.39 is 6.10 Å². The number of ether oxygens (including phenoxy) is 1. The molecular weight excluding hydrogens is 298 g/mol. The molecule has 0 aliphatic rings. The summed E-state index contributed by atoms with van der Waals surface area (Å²) >= 11 is 0. The predicted octanol–water partition coefficient (Wildman–Crippen LogP) is 4.13. The summed E-state index contributed by atoms with van der Waals surface area (Å²) in [6.07, 6.45) is 1.39. The fraction of sp³-hybridized carbons (Fsp3) is 0.381. The standard InChI is InChI=1S/C21H27NO2/c1-15-7-5-8-19(14-15)9-6-12-22-21(23)18(4)24-20-11-10-16(2)13-17(20)3/h5,7-8,10-11,13-14,18H,6,9,12H2,1-4H3,(H,22,23)/t18-/m1/s1. The highest BCUT2D eigenvalue weighted by atomic mass is 16.5. The molecular formula is C21H27NO2. The van der Waals surface area contributed by atoms with Crippen LogP contribution in [0.5, 0.6) is 5.75 Å². The number of hydrogen-bond acceptors (Lipinski definition) is 2. The minimum atomic E-state index is -0.495. The Kier molecular flexibility index (Phi) is 6.42. The third-order valence-corrected chi connectivity index (χ3v) is 4.03. The SMILES string of the molecule is Cc1cccc(CCCNC(=O)[C@@H](C)Oc2ccc(C)cc2C)c1. The first-order valence-electron chi connectivity index (χ1n) is 8.53. The Morgan fingerprint density at radius 1 is 1.08 bits per heavy atom. The highest BCUT2D eigenvalue weighted by molar-refractivity contribution is 5.80. The molecule has 2 rings (SSSR count). The minimum absolute atomic E-state index is 0.0702. The van der Waals surface area contributed by atoms with E-state index in [1.54, 1.807) is 6.92 Å². The summed E-state index contributed by atoms with van der Waals surface area (Å²) in [6.45, 7) is 8.58. The summed E-state index contributed by atoms with van der Waals surface area (Å²) in [5.74, 6) is 0.697. The van der Waals surface area contributed by atoms with Crippen molar-refractivity contribution in [1.29, 1.82) is 0 Å². The first-order valence-corrected chi connectivity index (χ1v) is 8.53. The van der Waals surface area contributed by atoms with Gasteiger partial charge in [-0.1, -0.05) is 47.5 Å². The van der Waals surface area contributed by atoms with E-state index in [-0.39, 0.29) is 5.91 Å². The van der Waals surface area contributed by atoms with Gasteiger partial charge in [-0.05, 0) is 57.7 Å². The quantitative estimate of drug-likeness (QED) is 0.777. The maximum Gasteiger partial charge on any atom is 0.260 e. The molecule has 2 aromatic rings. The van der Waals surface area contributed by atoms with Crippen LogP contribution in [-0.2, 0) is 11.2 Å². The van der Waals surface area contributed by atoms with E-state index in [1.165, 1.54) is 16.7 Å². The lowest BCUT2D eigenvalue weighted by molar-refractivity contribution is -0.127. The third kappa shape index (κ3) is 5.41. The van der Waals surface area contributed by atoms with Gasteiger partial charge in [0.2, 0.25) is 0 Å². The number of hydrogen-bond donors (Lipinski definition) is 1. The Morgan fingerprint density at radius 3 is 2.54 bits per heavy atom. The predicted molar refractivity (Wildman–Crippen MR) is 98.5 cm³/mol. The Hall–Kier alpha value is -2.29. The van der Waals surface area contributed by atoms with E-state index in [2.05, 4.69) is 42.6 Å². The molecule has 0 saturated heterocycles. The zero-order valence-corrected chi connectivity index (χ0v) is 15.1. The lowest BCUT2D eigenvalue weighted by Crippen LogP contribution is -2.37. The van der Waals surface area contributed by atoms with Crippen LogP contribution in [0, 0.1) is 20.8 Å². The zero-order valence-electron chi connectivity index (χ0n) is 15.1. The Bertz CT molecular complexity index is 694. The van der Waals surface area contributed by atoms with Gasteiger partial charge in [0.1, 0.15) is 5.75 Å². The van der Waals surface area contributed by atoms with Gasteiger partial charge in [0.25, 0.3) is 5.91 Å². The van der Waals surface area contributed by atoms with Gasteiger partial charge >= 0.3 is 0 Å². The van der Waals surface area contributed by atoms with Gasteiger partial charge in [-0.3, -0.25) is 4.79 Å². The summed E-state index contributed by atoms with van der Waals surface area (Å²) in [6, 6.07) is 14.5. The van der Waals surface area contributed by atoms with Crippen LogP contribution in [0.3, 0.4) is 0 Å². The van der Waals surface area contributed by atoms with Crippen molar-refractivity contribution in [2.24, 2.45) is 0 Å². The maximum absolute atomic E-state index is 12.2. The van der Waals surface area contributed by atoms with E-state index in [0.29, 0.717) is 6.54 Å². The number of carbonyl (C=O) groups excluding carboxylic acids is 1. The average Bonchev–Trinajstić information content (AvgIpc) is 2.54. The third-order valence-electron chi connectivity index (χ3n) is 4.03. The Labute approximate surface area is 145 Å². The van der Waals surface area contributed by atoms with Crippen LogP contribution in [0.1, 0.15) is 35.6 Å².